The number of pyridine rings is 1. The molecular weight excluding hydrogens is 432 g/mol. The van der Waals surface area contributed by atoms with E-state index in [1.807, 2.05) is 24.3 Å². The Labute approximate surface area is 201 Å². The first-order valence-corrected chi connectivity index (χ1v) is 12.3. The molecule has 1 aromatic heterocycles. The Morgan fingerprint density at radius 2 is 2.09 bits per heavy atom. The van der Waals surface area contributed by atoms with Crippen molar-refractivity contribution < 1.29 is 24.9 Å². The molecule has 3 saturated heterocycles. The van der Waals surface area contributed by atoms with Crippen LogP contribution in [0.2, 0.25) is 0 Å². The first-order valence-electron chi connectivity index (χ1n) is 12.3. The van der Waals surface area contributed by atoms with E-state index in [9.17, 15) is 9.90 Å². The molecule has 1 aliphatic carbocycles. The monoisotopic (exact) mass is 468 g/mol. The van der Waals surface area contributed by atoms with Crippen LogP contribution in [-0.4, -0.2) is 63.5 Å². The predicted octanol–water partition coefficient (Wildman–Crippen LogP) is 3.80. The Bertz CT molecular complexity index is 1010. The summed E-state index contributed by atoms with van der Waals surface area (Å²) in [4.78, 5) is 17.2. The second-order valence-electron chi connectivity index (χ2n) is 9.83. The molecule has 1 aromatic carbocycles. The maximum Gasteiger partial charge on any atom is 0.306 e. The molecule has 7 nitrogen and oxygen atoms in total. The first kappa shape index (κ1) is 24.6. The highest BCUT2D eigenvalue weighted by atomic mass is 16.5. The maximum absolute atomic E-state index is 11.2. The number of aliphatic carboxylic acids is 1. The summed E-state index contributed by atoms with van der Waals surface area (Å²) < 4.78 is 5.35. The number of aliphatic hydroxyl groups excluding tert-OH is 2. The van der Waals surface area contributed by atoms with Crippen LogP contribution in [0.25, 0.3) is 10.9 Å². The van der Waals surface area contributed by atoms with E-state index in [1.165, 1.54) is 6.42 Å². The second kappa shape index (κ2) is 10.8. The summed E-state index contributed by atoms with van der Waals surface area (Å²) in [7, 11) is 1.66. The number of rotatable bonds is 5. The van der Waals surface area contributed by atoms with E-state index < -0.39 is 12.1 Å². The molecule has 3 N–H and O–H groups in total. The van der Waals surface area contributed by atoms with Crippen LogP contribution in [0.5, 0.6) is 5.75 Å². The molecule has 34 heavy (non-hydrogen) atoms. The first-order chi connectivity index (χ1) is 16.4. The third-order valence-electron chi connectivity index (χ3n) is 7.82. The van der Waals surface area contributed by atoms with E-state index in [0.29, 0.717) is 18.3 Å². The van der Waals surface area contributed by atoms with Crippen LogP contribution in [0.3, 0.4) is 0 Å². The molecule has 184 valence electrons. The molecule has 7 atom stereocenters. The maximum atomic E-state index is 11.2. The normalized spacial score (nSPS) is 31.3. The number of hydrogen-bond donors (Lipinski definition) is 3. The Morgan fingerprint density at radius 1 is 1.26 bits per heavy atom. The molecule has 3 aliphatic heterocycles. The fourth-order valence-corrected chi connectivity index (χ4v) is 5.83. The van der Waals surface area contributed by atoms with Crippen LogP contribution in [0, 0.1) is 17.8 Å². The molecule has 1 saturated carbocycles. The van der Waals surface area contributed by atoms with E-state index in [2.05, 4.69) is 22.5 Å². The highest BCUT2D eigenvalue weighted by molar-refractivity contribution is 5.84. The van der Waals surface area contributed by atoms with Gasteiger partial charge in [-0.1, -0.05) is 12.5 Å². The summed E-state index contributed by atoms with van der Waals surface area (Å²) >= 11 is 0. The molecule has 1 unspecified atom stereocenters. The molecule has 0 spiro atoms. The van der Waals surface area contributed by atoms with E-state index in [1.54, 1.807) is 13.3 Å². The number of benzene rings is 1. The molecule has 4 heterocycles. The van der Waals surface area contributed by atoms with Crippen LogP contribution in [0.1, 0.15) is 50.2 Å². The standard InChI is InChI=1S/C20H24N2O2.C7H12O3/c1-3-13-12-22-9-7-14(13)10-19(22)20(23)16-6-8-21-18-5-4-15(24-2)11-17(16)18;8-6-3-1-2-5(4-6)7(9)10/h3-6,8,11,13-14,19-20,23H,1,7,9-10,12H2,2H3;5-6,8H,1-4H2,(H,9,10)/t13-,14-,19-,20+;5-,6+/m00/s1. The minimum atomic E-state index is -0.765. The van der Waals surface area contributed by atoms with Crippen LogP contribution in [0.15, 0.2) is 43.1 Å². The van der Waals surface area contributed by atoms with E-state index in [0.717, 1.165) is 61.0 Å². The minimum Gasteiger partial charge on any atom is -0.497 e. The van der Waals surface area contributed by atoms with Crippen LogP contribution < -0.4 is 4.74 Å². The van der Waals surface area contributed by atoms with Gasteiger partial charge in [-0.25, -0.2) is 0 Å². The number of carbonyl (C=O) groups is 1. The zero-order valence-corrected chi connectivity index (χ0v) is 19.8. The number of hydrogen-bond acceptors (Lipinski definition) is 6. The number of nitrogens with zero attached hydrogens (tertiary/aromatic N) is 2. The summed E-state index contributed by atoms with van der Waals surface area (Å²) in [5.41, 5.74) is 1.85. The average Bonchev–Trinajstić information content (AvgIpc) is 2.88. The number of methoxy groups -OCH3 is 1. The van der Waals surface area contributed by atoms with E-state index >= 15 is 0 Å². The van der Waals surface area contributed by atoms with Crippen molar-refractivity contribution in [2.75, 3.05) is 20.2 Å². The Kier molecular flexibility index (Phi) is 7.86. The van der Waals surface area contributed by atoms with Gasteiger partial charge in [0.1, 0.15) is 5.75 Å². The van der Waals surface area contributed by atoms with E-state index in [4.69, 9.17) is 14.9 Å². The van der Waals surface area contributed by atoms with Crippen molar-refractivity contribution in [3.8, 4) is 5.75 Å². The number of carboxylic acids is 1. The van der Waals surface area contributed by atoms with Gasteiger partial charge in [0.2, 0.25) is 0 Å². The lowest BCUT2D eigenvalue weighted by Crippen LogP contribution is -2.54. The predicted molar refractivity (Wildman–Crippen MR) is 131 cm³/mol. The molecule has 0 radical (unpaired) electrons. The van der Waals surface area contributed by atoms with E-state index in [-0.39, 0.29) is 18.1 Å². The van der Waals surface area contributed by atoms with Crippen molar-refractivity contribution >= 4 is 16.9 Å². The van der Waals surface area contributed by atoms with Gasteiger partial charge in [0.05, 0.1) is 30.8 Å². The van der Waals surface area contributed by atoms with Gasteiger partial charge >= 0.3 is 5.97 Å². The van der Waals surface area contributed by atoms with Crippen LogP contribution >= 0.6 is 0 Å². The summed E-state index contributed by atoms with van der Waals surface area (Å²) in [6.07, 6.45) is 8.02. The molecule has 4 fully saturated rings. The summed E-state index contributed by atoms with van der Waals surface area (Å²) in [6.45, 7) is 6.07. The summed E-state index contributed by atoms with van der Waals surface area (Å²) in [5, 5.41) is 29.7. The minimum absolute atomic E-state index is 0.178. The average molecular weight is 469 g/mol. The number of aliphatic hydroxyl groups is 2. The largest absolute Gasteiger partial charge is 0.497 e. The van der Waals surface area contributed by atoms with Crippen molar-refractivity contribution in [3.63, 3.8) is 0 Å². The molecule has 6 rings (SSSR count). The smallest absolute Gasteiger partial charge is 0.306 e. The molecule has 2 aromatic rings. The zero-order valence-electron chi connectivity index (χ0n) is 19.8. The van der Waals surface area contributed by atoms with Gasteiger partial charge in [0.25, 0.3) is 0 Å². The van der Waals surface area contributed by atoms with Gasteiger partial charge in [-0.3, -0.25) is 14.7 Å². The lowest BCUT2D eigenvalue weighted by atomic mass is 9.73. The summed E-state index contributed by atoms with van der Waals surface area (Å²) in [5.74, 6) is 0.940. The van der Waals surface area contributed by atoms with Crippen molar-refractivity contribution in [1.29, 1.82) is 0 Å². The Hall–Kier alpha value is -2.48. The fraction of sp³-hybridized carbons (Fsp3) is 0.556. The number of piperidine rings is 3. The highest BCUT2D eigenvalue weighted by Crippen LogP contribution is 2.42. The fourth-order valence-electron chi connectivity index (χ4n) is 5.83. The topological polar surface area (TPSA) is 103 Å². The van der Waals surface area contributed by atoms with Crippen molar-refractivity contribution in [1.82, 2.24) is 9.88 Å². The number of aromatic nitrogens is 1. The molecule has 0 amide bonds. The number of carboxylic acid groups (broad SMARTS) is 1. The zero-order chi connectivity index (χ0) is 24.2. The quantitative estimate of drug-likeness (QED) is 0.574. The van der Waals surface area contributed by atoms with Crippen molar-refractivity contribution in [3.05, 3.63) is 48.7 Å². The molecule has 7 heteroatoms. The lowest BCUT2D eigenvalue weighted by molar-refractivity contribution is -0.144. The third kappa shape index (κ3) is 5.27. The van der Waals surface area contributed by atoms with Crippen LogP contribution in [0.4, 0.5) is 0 Å². The van der Waals surface area contributed by atoms with Gasteiger partial charge in [-0.2, -0.15) is 0 Å². The lowest BCUT2D eigenvalue weighted by Gasteiger charge is -2.50. The van der Waals surface area contributed by atoms with Gasteiger partial charge in [0.15, 0.2) is 0 Å². The third-order valence-corrected chi connectivity index (χ3v) is 7.82. The molecule has 4 aliphatic rings. The summed E-state index contributed by atoms with van der Waals surface area (Å²) in [6, 6.07) is 7.96. The number of ether oxygens (including phenoxy) is 1. The van der Waals surface area contributed by atoms with Crippen LogP contribution in [-0.2, 0) is 4.79 Å². The molecule has 2 bridgehead atoms. The van der Waals surface area contributed by atoms with Gasteiger partial charge in [-0.05, 0) is 80.3 Å². The highest BCUT2D eigenvalue weighted by Gasteiger charge is 2.42. The second-order valence-corrected chi connectivity index (χ2v) is 9.83. The Balaban J connectivity index is 0.000000231. The number of fused-ring (bicyclic) bond motifs is 4. The molecular formula is C27H36N2O5. The van der Waals surface area contributed by atoms with Gasteiger partial charge in [0, 0.05) is 24.2 Å². The van der Waals surface area contributed by atoms with Gasteiger partial charge < -0.3 is 20.1 Å². The van der Waals surface area contributed by atoms with Crippen molar-refractivity contribution in [2.45, 2.75) is 56.8 Å². The SMILES string of the molecule is C=C[C@H]1CN2CC[C@H]1C[C@H]2[C@H](O)c1ccnc2ccc(OC)cc12.O=C(O)[C@H]1CCC[C@@H](O)C1. The van der Waals surface area contributed by atoms with Gasteiger partial charge in [-0.15, -0.1) is 6.58 Å². The Morgan fingerprint density at radius 3 is 2.71 bits per heavy atom. The van der Waals surface area contributed by atoms with Crippen molar-refractivity contribution in [2.24, 2.45) is 17.8 Å².